The normalized spacial score (nSPS) is 29.4. The zero-order valence-electron chi connectivity index (χ0n) is 9.09. The van der Waals surface area contributed by atoms with Gasteiger partial charge in [-0.05, 0) is 19.3 Å². The van der Waals surface area contributed by atoms with E-state index in [1.54, 1.807) is 0 Å². The van der Waals surface area contributed by atoms with Gasteiger partial charge in [0.2, 0.25) is 5.91 Å². The molecule has 0 radical (unpaired) electrons. The van der Waals surface area contributed by atoms with Crippen LogP contribution in [0, 0.1) is 0 Å². The first-order valence-electron chi connectivity index (χ1n) is 5.89. The van der Waals surface area contributed by atoms with Crippen molar-refractivity contribution in [2.24, 2.45) is 0 Å². The Kier molecular flexibility index (Phi) is 3.26. The van der Waals surface area contributed by atoms with Gasteiger partial charge in [0, 0.05) is 24.5 Å². The number of hydrogen-bond donors (Lipinski definition) is 3. The second kappa shape index (κ2) is 4.49. The molecule has 1 unspecified atom stereocenters. The van der Waals surface area contributed by atoms with Crippen LogP contribution in [0.25, 0.3) is 0 Å². The van der Waals surface area contributed by atoms with Crippen molar-refractivity contribution in [3.8, 4) is 0 Å². The van der Waals surface area contributed by atoms with Gasteiger partial charge in [0.25, 0.3) is 0 Å². The lowest BCUT2D eigenvalue weighted by Gasteiger charge is -2.29. The molecule has 1 saturated carbocycles. The Morgan fingerprint density at radius 2 is 2.20 bits per heavy atom. The van der Waals surface area contributed by atoms with Crippen LogP contribution in [-0.4, -0.2) is 35.7 Å². The third-order valence-electron chi connectivity index (χ3n) is 3.67. The summed E-state index contributed by atoms with van der Waals surface area (Å²) in [6.07, 6.45) is 6.09. The zero-order valence-corrected chi connectivity index (χ0v) is 9.09. The number of aliphatic hydroxyl groups is 1. The molecule has 15 heavy (non-hydrogen) atoms. The van der Waals surface area contributed by atoms with Gasteiger partial charge in [-0.2, -0.15) is 0 Å². The van der Waals surface area contributed by atoms with Gasteiger partial charge in [0.1, 0.15) is 0 Å². The number of nitrogens with one attached hydrogen (secondary N) is 2. The minimum atomic E-state index is -0.0622. The smallest absolute Gasteiger partial charge is 0.220 e. The first kappa shape index (κ1) is 10.9. The lowest BCUT2D eigenvalue weighted by molar-refractivity contribution is -0.119. The first-order chi connectivity index (χ1) is 7.24. The summed E-state index contributed by atoms with van der Waals surface area (Å²) in [5.41, 5.74) is -0.0622. The standard InChI is InChI=1S/C11H20N2O2/c14-8-11(5-1-2-6-11)12-7-9-3-4-10(15)13-9/h9,12,14H,1-8H2,(H,13,15). The van der Waals surface area contributed by atoms with E-state index in [-0.39, 0.29) is 24.1 Å². The molecular formula is C11H20N2O2. The lowest BCUT2D eigenvalue weighted by atomic mass is 9.98. The quantitative estimate of drug-likeness (QED) is 0.622. The van der Waals surface area contributed by atoms with Crippen molar-refractivity contribution in [1.29, 1.82) is 0 Å². The third-order valence-corrected chi connectivity index (χ3v) is 3.67. The molecule has 0 aromatic heterocycles. The van der Waals surface area contributed by atoms with E-state index in [4.69, 9.17) is 0 Å². The molecule has 4 heteroatoms. The predicted molar refractivity (Wildman–Crippen MR) is 57.5 cm³/mol. The van der Waals surface area contributed by atoms with Crippen LogP contribution in [0.4, 0.5) is 0 Å². The SMILES string of the molecule is O=C1CCC(CNC2(CO)CCCC2)N1. The topological polar surface area (TPSA) is 61.4 Å². The number of aliphatic hydroxyl groups excluding tert-OH is 1. The highest BCUT2D eigenvalue weighted by Crippen LogP contribution is 2.29. The van der Waals surface area contributed by atoms with Crippen LogP contribution >= 0.6 is 0 Å². The van der Waals surface area contributed by atoms with Crippen LogP contribution in [0.3, 0.4) is 0 Å². The van der Waals surface area contributed by atoms with Crippen LogP contribution in [0.5, 0.6) is 0 Å². The summed E-state index contributed by atoms with van der Waals surface area (Å²) in [5.74, 6) is 0.159. The van der Waals surface area contributed by atoms with E-state index < -0.39 is 0 Å². The highest BCUT2D eigenvalue weighted by atomic mass is 16.3. The van der Waals surface area contributed by atoms with Crippen molar-refractivity contribution < 1.29 is 9.90 Å². The average Bonchev–Trinajstić information content (AvgIpc) is 2.85. The van der Waals surface area contributed by atoms with Gasteiger partial charge in [0.05, 0.1) is 6.61 Å². The monoisotopic (exact) mass is 212 g/mol. The molecular weight excluding hydrogens is 192 g/mol. The maximum Gasteiger partial charge on any atom is 0.220 e. The number of carbonyl (C=O) groups excluding carboxylic acids is 1. The van der Waals surface area contributed by atoms with Crippen LogP contribution in [0.1, 0.15) is 38.5 Å². The molecule has 1 heterocycles. The van der Waals surface area contributed by atoms with Crippen LogP contribution in [-0.2, 0) is 4.79 Å². The van der Waals surface area contributed by atoms with Crippen molar-refractivity contribution in [3.63, 3.8) is 0 Å². The summed E-state index contributed by atoms with van der Waals surface area (Å²) in [6, 6.07) is 0.265. The Labute approximate surface area is 90.4 Å². The molecule has 2 rings (SSSR count). The fourth-order valence-electron chi connectivity index (χ4n) is 2.61. The van der Waals surface area contributed by atoms with E-state index in [0.717, 1.165) is 25.8 Å². The van der Waals surface area contributed by atoms with Gasteiger partial charge in [-0.3, -0.25) is 4.79 Å². The zero-order chi connectivity index (χ0) is 10.7. The summed E-state index contributed by atoms with van der Waals surface area (Å²) in [4.78, 5) is 11.0. The summed E-state index contributed by atoms with van der Waals surface area (Å²) in [6.45, 7) is 1.01. The second-order valence-electron chi connectivity index (χ2n) is 4.83. The van der Waals surface area contributed by atoms with Crippen molar-refractivity contribution >= 4 is 5.91 Å². The molecule has 1 aliphatic heterocycles. The van der Waals surface area contributed by atoms with Crippen molar-refractivity contribution in [1.82, 2.24) is 10.6 Å². The maximum atomic E-state index is 11.0. The van der Waals surface area contributed by atoms with Gasteiger partial charge in [-0.1, -0.05) is 12.8 Å². The molecule has 3 N–H and O–H groups in total. The third kappa shape index (κ3) is 2.49. The molecule has 0 bridgehead atoms. The molecule has 0 spiro atoms. The van der Waals surface area contributed by atoms with Crippen LogP contribution in [0.2, 0.25) is 0 Å². The molecule has 1 aliphatic carbocycles. The Hall–Kier alpha value is -0.610. The number of amides is 1. The minimum absolute atomic E-state index is 0.0622. The second-order valence-corrected chi connectivity index (χ2v) is 4.83. The van der Waals surface area contributed by atoms with Gasteiger partial charge in [0.15, 0.2) is 0 Å². The van der Waals surface area contributed by atoms with E-state index >= 15 is 0 Å². The van der Waals surface area contributed by atoms with E-state index in [1.165, 1.54) is 12.8 Å². The molecule has 1 saturated heterocycles. The predicted octanol–water partition coefficient (Wildman–Crippen LogP) is 0.160. The highest BCUT2D eigenvalue weighted by molar-refractivity contribution is 5.78. The molecule has 2 aliphatic rings. The molecule has 4 nitrogen and oxygen atoms in total. The summed E-state index contributed by atoms with van der Waals surface area (Å²) >= 11 is 0. The fourth-order valence-corrected chi connectivity index (χ4v) is 2.61. The van der Waals surface area contributed by atoms with Crippen LogP contribution < -0.4 is 10.6 Å². The molecule has 0 aromatic carbocycles. The minimum Gasteiger partial charge on any atom is -0.394 e. The molecule has 1 atom stereocenters. The van der Waals surface area contributed by atoms with Crippen molar-refractivity contribution in [2.45, 2.75) is 50.1 Å². The van der Waals surface area contributed by atoms with Gasteiger partial charge >= 0.3 is 0 Å². The summed E-state index contributed by atoms with van der Waals surface area (Å²) in [7, 11) is 0. The Morgan fingerprint density at radius 1 is 1.47 bits per heavy atom. The number of carbonyl (C=O) groups is 1. The number of rotatable bonds is 4. The first-order valence-corrected chi connectivity index (χ1v) is 5.89. The highest BCUT2D eigenvalue weighted by Gasteiger charge is 2.33. The van der Waals surface area contributed by atoms with E-state index in [0.29, 0.717) is 6.42 Å². The largest absolute Gasteiger partial charge is 0.394 e. The molecule has 2 fully saturated rings. The van der Waals surface area contributed by atoms with Crippen LogP contribution in [0.15, 0.2) is 0 Å². The van der Waals surface area contributed by atoms with E-state index in [9.17, 15) is 9.90 Å². The van der Waals surface area contributed by atoms with E-state index in [1.807, 2.05) is 0 Å². The molecule has 0 aromatic rings. The van der Waals surface area contributed by atoms with Gasteiger partial charge in [-0.25, -0.2) is 0 Å². The number of hydrogen-bond acceptors (Lipinski definition) is 3. The summed E-state index contributed by atoms with van der Waals surface area (Å²) < 4.78 is 0. The summed E-state index contributed by atoms with van der Waals surface area (Å²) in [5, 5.41) is 15.8. The Bertz CT molecular complexity index is 237. The van der Waals surface area contributed by atoms with Crippen molar-refractivity contribution in [2.75, 3.05) is 13.2 Å². The van der Waals surface area contributed by atoms with Gasteiger partial charge < -0.3 is 15.7 Å². The van der Waals surface area contributed by atoms with Crippen molar-refractivity contribution in [3.05, 3.63) is 0 Å². The Morgan fingerprint density at radius 3 is 2.73 bits per heavy atom. The fraction of sp³-hybridized carbons (Fsp3) is 0.909. The van der Waals surface area contributed by atoms with E-state index in [2.05, 4.69) is 10.6 Å². The lowest BCUT2D eigenvalue weighted by Crippen LogP contribution is -2.50. The molecule has 86 valence electrons. The Balaban J connectivity index is 1.78. The maximum absolute atomic E-state index is 11.0. The molecule has 1 amide bonds. The van der Waals surface area contributed by atoms with Gasteiger partial charge in [-0.15, -0.1) is 0 Å². The average molecular weight is 212 g/mol.